The van der Waals surface area contributed by atoms with Crippen molar-refractivity contribution in [3.05, 3.63) is 84.4 Å². The van der Waals surface area contributed by atoms with Crippen LogP contribution in [-0.4, -0.2) is 83.4 Å². The quantitative estimate of drug-likeness (QED) is 0.215. The number of phenols is 2. The van der Waals surface area contributed by atoms with Crippen molar-refractivity contribution in [2.45, 2.75) is 45.3 Å². The topological polar surface area (TPSA) is 76.5 Å². The molecule has 0 atom stereocenters. The molecule has 2 aliphatic rings. The van der Waals surface area contributed by atoms with Crippen LogP contribution >= 0.6 is 11.3 Å². The van der Waals surface area contributed by atoms with Crippen molar-refractivity contribution in [3.8, 4) is 21.9 Å². The van der Waals surface area contributed by atoms with Crippen LogP contribution in [0.1, 0.15) is 44.7 Å². The van der Waals surface area contributed by atoms with Crippen LogP contribution in [0.3, 0.4) is 0 Å². The predicted octanol–water partition coefficient (Wildman–Crippen LogP) is 6.97. The Labute approximate surface area is 270 Å². The molecule has 3 aromatic carbocycles. The Balaban J connectivity index is 1.08. The van der Waals surface area contributed by atoms with Gasteiger partial charge in [0.25, 0.3) is 0 Å². The molecule has 3 heterocycles. The smallest absolute Gasteiger partial charge is 0.320 e. The summed E-state index contributed by atoms with van der Waals surface area (Å²) in [5, 5.41) is 21.0. The van der Waals surface area contributed by atoms with Gasteiger partial charge in [0.2, 0.25) is 0 Å². The second kappa shape index (κ2) is 12.9. The number of carbonyl (C=O) groups excluding carboxylic acids is 1. The van der Waals surface area contributed by atoms with Crippen molar-refractivity contribution in [3.63, 3.8) is 0 Å². The third-order valence-electron chi connectivity index (χ3n) is 8.85. The number of anilines is 1. The van der Waals surface area contributed by atoms with E-state index in [4.69, 9.17) is 4.74 Å². The number of phenolic OH excluding ortho intramolecular Hbond substituents is 2. The van der Waals surface area contributed by atoms with E-state index in [9.17, 15) is 15.0 Å². The molecule has 0 aliphatic carbocycles. The highest BCUT2D eigenvalue weighted by Crippen LogP contribution is 2.45. The highest BCUT2D eigenvalue weighted by atomic mass is 32.1. The number of rotatable bonds is 7. The minimum absolute atomic E-state index is 0.138. The van der Waals surface area contributed by atoms with E-state index in [0.717, 1.165) is 89.3 Å². The van der Waals surface area contributed by atoms with Crippen LogP contribution in [0.15, 0.2) is 73.3 Å². The zero-order chi connectivity index (χ0) is 31.7. The summed E-state index contributed by atoms with van der Waals surface area (Å²) in [6.07, 6.45) is 2.26. The number of nitrogens with zero attached hydrogens (tertiary/aromatic N) is 3. The number of ether oxygens (including phenoxy) is 1. The van der Waals surface area contributed by atoms with Crippen LogP contribution in [0.2, 0.25) is 0 Å². The highest BCUT2D eigenvalue weighted by Gasteiger charge is 2.29. The Hall–Kier alpha value is -3.85. The average molecular weight is 626 g/mol. The molecule has 0 spiro atoms. The normalized spacial score (nSPS) is 17.1. The molecular weight excluding hydrogens is 582 g/mol. The lowest BCUT2D eigenvalue weighted by Gasteiger charge is -2.43. The SMILES string of the molecule is C=C(c1ccc(N2CCC(N3CCN(CC(=O)OC(C)(C)C)CC3)CC2)cc1)c1c(-c2ccc(O)cc2)sc2cc(O)ccc12. The fraction of sp³-hybridized carbons (Fsp3) is 0.378. The number of benzene rings is 3. The van der Waals surface area contributed by atoms with Gasteiger partial charge in [-0.15, -0.1) is 11.3 Å². The van der Waals surface area contributed by atoms with Crippen molar-refractivity contribution in [2.24, 2.45) is 0 Å². The predicted molar refractivity (Wildman–Crippen MR) is 184 cm³/mol. The number of hydrogen-bond donors (Lipinski definition) is 2. The first-order valence-electron chi connectivity index (χ1n) is 15.8. The number of piperidine rings is 1. The second-order valence-electron chi connectivity index (χ2n) is 13.2. The summed E-state index contributed by atoms with van der Waals surface area (Å²) >= 11 is 1.62. The summed E-state index contributed by atoms with van der Waals surface area (Å²) < 4.78 is 6.50. The van der Waals surface area contributed by atoms with Crippen molar-refractivity contribution < 1.29 is 19.7 Å². The minimum Gasteiger partial charge on any atom is -0.508 e. The standard InChI is InChI=1S/C37H43N3O4S/c1-25(35-32-14-13-31(42)23-33(32)45-36(35)27-7-11-30(41)12-8-27)26-5-9-28(10-6-26)39-17-15-29(16-18-39)40-21-19-38(20-22-40)24-34(43)44-37(2,3)4/h5-14,23,29,41-42H,1,15-22,24H2,2-4H3. The highest BCUT2D eigenvalue weighted by molar-refractivity contribution is 7.22. The van der Waals surface area contributed by atoms with Gasteiger partial charge in [-0.3, -0.25) is 14.6 Å². The first-order valence-corrected chi connectivity index (χ1v) is 16.6. The molecule has 2 fully saturated rings. The maximum atomic E-state index is 12.2. The van der Waals surface area contributed by atoms with E-state index < -0.39 is 5.60 Å². The lowest BCUT2D eigenvalue weighted by molar-refractivity contribution is -0.156. The van der Waals surface area contributed by atoms with Crippen molar-refractivity contribution in [1.82, 2.24) is 9.80 Å². The molecule has 0 saturated carbocycles. The molecule has 2 saturated heterocycles. The summed E-state index contributed by atoms with van der Waals surface area (Å²) in [4.78, 5) is 20.6. The van der Waals surface area contributed by atoms with E-state index in [-0.39, 0.29) is 17.5 Å². The fourth-order valence-electron chi connectivity index (χ4n) is 6.55. The molecule has 6 rings (SSSR count). The van der Waals surface area contributed by atoms with Crippen LogP contribution in [0.4, 0.5) is 5.69 Å². The number of piperazine rings is 1. The summed E-state index contributed by atoms with van der Waals surface area (Å²) in [5.41, 5.74) is 4.85. The summed E-state index contributed by atoms with van der Waals surface area (Å²) in [6, 6.07) is 22.1. The molecule has 0 bridgehead atoms. The Kier molecular flexibility index (Phi) is 8.91. The molecule has 236 valence electrons. The number of hydrogen-bond acceptors (Lipinski definition) is 8. The molecule has 45 heavy (non-hydrogen) atoms. The Bertz CT molecular complexity index is 1660. The van der Waals surface area contributed by atoms with E-state index in [2.05, 4.69) is 45.5 Å². The van der Waals surface area contributed by atoms with Gasteiger partial charge in [0.1, 0.15) is 17.1 Å². The first-order chi connectivity index (χ1) is 21.5. The first kappa shape index (κ1) is 31.1. The Morgan fingerprint density at radius 2 is 1.53 bits per heavy atom. The summed E-state index contributed by atoms with van der Waals surface area (Å²) in [6.45, 7) is 16.5. The van der Waals surface area contributed by atoms with Gasteiger partial charge in [0.05, 0.1) is 6.54 Å². The molecule has 0 unspecified atom stereocenters. The van der Waals surface area contributed by atoms with E-state index in [1.54, 1.807) is 35.6 Å². The van der Waals surface area contributed by atoms with E-state index in [1.807, 2.05) is 39.0 Å². The van der Waals surface area contributed by atoms with Crippen molar-refractivity contribution in [2.75, 3.05) is 50.7 Å². The lowest BCUT2D eigenvalue weighted by Crippen LogP contribution is -2.54. The van der Waals surface area contributed by atoms with Gasteiger partial charge in [0.15, 0.2) is 0 Å². The van der Waals surface area contributed by atoms with E-state index in [1.165, 1.54) is 5.69 Å². The summed E-state index contributed by atoms with van der Waals surface area (Å²) in [7, 11) is 0. The number of thiophene rings is 1. The van der Waals surface area contributed by atoms with Crippen LogP contribution < -0.4 is 4.90 Å². The molecule has 0 amide bonds. The van der Waals surface area contributed by atoms with Gasteiger partial charge in [-0.25, -0.2) is 0 Å². The number of esters is 1. The van der Waals surface area contributed by atoms with E-state index >= 15 is 0 Å². The van der Waals surface area contributed by atoms with Gasteiger partial charge in [-0.05, 0) is 105 Å². The third kappa shape index (κ3) is 7.19. The van der Waals surface area contributed by atoms with Gasteiger partial charge in [-0.1, -0.05) is 18.7 Å². The molecule has 4 aromatic rings. The average Bonchev–Trinajstić information content (AvgIpc) is 3.39. The minimum atomic E-state index is -0.441. The molecule has 1 aromatic heterocycles. The zero-order valence-corrected chi connectivity index (χ0v) is 27.3. The number of carbonyl (C=O) groups is 1. The second-order valence-corrected chi connectivity index (χ2v) is 14.2. The van der Waals surface area contributed by atoms with E-state index in [0.29, 0.717) is 12.6 Å². The number of aromatic hydroxyl groups is 2. The molecule has 0 radical (unpaired) electrons. The van der Waals surface area contributed by atoms with Crippen molar-refractivity contribution >= 4 is 38.7 Å². The molecule has 2 N–H and O–H groups in total. The fourth-order valence-corrected chi connectivity index (χ4v) is 7.82. The largest absolute Gasteiger partial charge is 0.508 e. The molecular formula is C37H43N3O4S. The maximum absolute atomic E-state index is 12.2. The zero-order valence-electron chi connectivity index (χ0n) is 26.5. The van der Waals surface area contributed by atoms with Gasteiger partial charge < -0.3 is 19.8 Å². The van der Waals surface area contributed by atoms with Crippen molar-refractivity contribution in [1.29, 1.82) is 0 Å². The van der Waals surface area contributed by atoms with Crippen LogP contribution in [-0.2, 0) is 9.53 Å². The summed E-state index contributed by atoms with van der Waals surface area (Å²) in [5.74, 6) is 0.336. The Morgan fingerprint density at radius 1 is 0.889 bits per heavy atom. The lowest BCUT2D eigenvalue weighted by atomic mass is 9.94. The van der Waals surface area contributed by atoms with Crippen LogP contribution in [0.25, 0.3) is 26.1 Å². The monoisotopic (exact) mass is 625 g/mol. The molecule has 7 nitrogen and oxygen atoms in total. The van der Waals surface area contributed by atoms with Crippen LogP contribution in [0, 0.1) is 0 Å². The third-order valence-corrected chi connectivity index (χ3v) is 10.0. The maximum Gasteiger partial charge on any atom is 0.320 e. The molecule has 2 aliphatic heterocycles. The number of fused-ring (bicyclic) bond motifs is 1. The Morgan fingerprint density at radius 3 is 2.18 bits per heavy atom. The van der Waals surface area contributed by atoms with Crippen LogP contribution in [0.5, 0.6) is 11.5 Å². The molecule has 8 heteroatoms. The van der Waals surface area contributed by atoms with Gasteiger partial charge in [-0.2, -0.15) is 0 Å². The van der Waals surface area contributed by atoms with Gasteiger partial charge in [0, 0.05) is 71.5 Å². The van der Waals surface area contributed by atoms with Gasteiger partial charge >= 0.3 is 5.97 Å².